The minimum Gasteiger partial charge on any atom is -0.489 e. The highest BCUT2D eigenvalue weighted by Crippen LogP contribution is 2.33. The summed E-state index contributed by atoms with van der Waals surface area (Å²) in [6.45, 7) is 2.30. The van der Waals surface area contributed by atoms with E-state index in [1.54, 1.807) is 35.9 Å². The number of hydrogen-bond acceptors (Lipinski definition) is 9. The minimum absolute atomic E-state index is 0.00860. The van der Waals surface area contributed by atoms with Crippen molar-refractivity contribution < 1.29 is 18.3 Å². The van der Waals surface area contributed by atoms with Crippen LogP contribution in [0.5, 0.6) is 5.75 Å². The van der Waals surface area contributed by atoms with Gasteiger partial charge in [-0.2, -0.15) is 17.8 Å². The summed E-state index contributed by atoms with van der Waals surface area (Å²) >= 11 is 0. The fourth-order valence-electron chi connectivity index (χ4n) is 4.37. The quantitative estimate of drug-likeness (QED) is 0.222. The second kappa shape index (κ2) is 12.1. The maximum absolute atomic E-state index is 12.7. The van der Waals surface area contributed by atoms with Crippen LogP contribution >= 0.6 is 0 Å². The zero-order valence-electron chi connectivity index (χ0n) is 23.4. The first-order valence-corrected chi connectivity index (χ1v) is 14.6. The van der Waals surface area contributed by atoms with Crippen LogP contribution in [0.15, 0.2) is 95.3 Å². The molecule has 5 rings (SSSR count). The number of nitrogens with zero attached hydrogens (tertiary/aromatic N) is 8. The molecule has 1 aliphatic rings. The fraction of sp³-hybridized carbons (Fsp3) is 0.250. The van der Waals surface area contributed by atoms with Gasteiger partial charge in [-0.3, -0.25) is 4.99 Å². The largest absolute Gasteiger partial charge is 0.489 e. The maximum Gasteiger partial charge on any atom is 0.303 e. The summed E-state index contributed by atoms with van der Waals surface area (Å²) in [5.74, 6) is 0.624. The summed E-state index contributed by atoms with van der Waals surface area (Å²) in [6.07, 6.45) is 1.53. The smallest absolute Gasteiger partial charge is 0.303 e. The van der Waals surface area contributed by atoms with Gasteiger partial charge in [0.2, 0.25) is 5.96 Å². The Bertz CT molecular complexity index is 1660. The topological polar surface area (TPSA) is 150 Å². The van der Waals surface area contributed by atoms with Gasteiger partial charge >= 0.3 is 10.2 Å². The molecule has 0 saturated heterocycles. The van der Waals surface area contributed by atoms with Gasteiger partial charge in [0.1, 0.15) is 24.4 Å². The molecule has 14 heteroatoms. The Labute approximate surface area is 243 Å². The summed E-state index contributed by atoms with van der Waals surface area (Å²) in [5, 5.41) is 29.2. The zero-order chi connectivity index (χ0) is 29.7. The fourth-order valence-corrected chi connectivity index (χ4v) is 5.29. The van der Waals surface area contributed by atoms with E-state index in [-0.39, 0.29) is 19.0 Å². The van der Waals surface area contributed by atoms with Gasteiger partial charge < -0.3 is 9.84 Å². The molecule has 218 valence electrons. The first kappa shape index (κ1) is 28.9. The number of aliphatic hydroxyl groups is 1. The van der Waals surface area contributed by atoms with Crippen LogP contribution in [0.25, 0.3) is 5.69 Å². The van der Waals surface area contributed by atoms with Gasteiger partial charge in [-0.25, -0.2) is 14.4 Å². The van der Waals surface area contributed by atoms with Gasteiger partial charge in [0, 0.05) is 26.2 Å². The lowest BCUT2D eigenvalue weighted by atomic mass is 9.86. The number of benzene rings is 3. The first-order chi connectivity index (χ1) is 20.2. The van der Waals surface area contributed by atoms with E-state index < -0.39 is 15.8 Å². The number of hydrogen-bond donors (Lipinski definition) is 2. The molecule has 0 aliphatic carbocycles. The van der Waals surface area contributed by atoms with Gasteiger partial charge in [0.05, 0.1) is 12.2 Å². The predicted molar refractivity (Wildman–Crippen MR) is 157 cm³/mol. The number of tetrazole rings is 1. The van der Waals surface area contributed by atoms with Crippen LogP contribution in [0.4, 0.5) is 0 Å². The standard InChI is InChI=1S/C28H31N9O4S/c1-4-35(3)42(39,40)32-27(29-2)36-19-28(38,23-8-6-5-7-9-23)26(31-36)22-12-16-25(17-13-22)41-18-21-10-14-24(15-11-21)37-20-30-33-34-37/h5-17,20,38H,4,18-19H2,1-3H3,(H,29,32). The van der Waals surface area contributed by atoms with E-state index >= 15 is 0 Å². The number of aliphatic imine (C=N–C) groups is 1. The van der Waals surface area contributed by atoms with Crippen LogP contribution in [0.3, 0.4) is 0 Å². The SMILES string of the molecule is CCN(C)S(=O)(=O)NC(=NC)N1CC(O)(c2ccccc2)C(c2ccc(OCc3ccc(-n4cnnn4)cc3)cc2)=N1. The van der Waals surface area contributed by atoms with E-state index in [4.69, 9.17) is 4.74 Å². The van der Waals surface area contributed by atoms with E-state index in [9.17, 15) is 13.5 Å². The Balaban J connectivity index is 1.36. The normalized spacial score (nSPS) is 17.4. The monoisotopic (exact) mass is 589 g/mol. The van der Waals surface area contributed by atoms with Crippen molar-refractivity contribution in [3.63, 3.8) is 0 Å². The molecule has 0 fully saturated rings. The van der Waals surface area contributed by atoms with Crippen LogP contribution in [-0.4, -0.2) is 81.9 Å². The van der Waals surface area contributed by atoms with Crippen LogP contribution in [-0.2, 0) is 22.4 Å². The molecule has 2 N–H and O–H groups in total. The Morgan fingerprint density at radius 3 is 2.43 bits per heavy atom. The molecule has 42 heavy (non-hydrogen) atoms. The third-order valence-corrected chi connectivity index (χ3v) is 8.38. The number of rotatable bonds is 9. The Morgan fingerprint density at radius 2 is 1.81 bits per heavy atom. The summed E-state index contributed by atoms with van der Waals surface area (Å²) in [6, 6.07) is 24.0. The van der Waals surface area contributed by atoms with Crippen molar-refractivity contribution in [2.45, 2.75) is 19.1 Å². The van der Waals surface area contributed by atoms with Gasteiger partial charge in [0.25, 0.3) is 0 Å². The van der Waals surface area contributed by atoms with E-state index in [1.165, 1.54) is 25.4 Å². The number of guanidine groups is 1. The highest BCUT2D eigenvalue weighted by Gasteiger charge is 2.45. The number of hydrazone groups is 1. The lowest BCUT2D eigenvalue weighted by molar-refractivity contribution is 0.103. The molecule has 0 radical (unpaired) electrons. The van der Waals surface area contributed by atoms with Crippen molar-refractivity contribution >= 4 is 21.9 Å². The van der Waals surface area contributed by atoms with Crippen molar-refractivity contribution in [2.75, 3.05) is 27.2 Å². The van der Waals surface area contributed by atoms with Gasteiger partial charge in [-0.15, -0.1) is 5.10 Å². The van der Waals surface area contributed by atoms with E-state index in [1.807, 2.05) is 54.6 Å². The van der Waals surface area contributed by atoms with E-state index in [0.29, 0.717) is 29.2 Å². The highest BCUT2D eigenvalue weighted by atomic mass is 32.2. The lowest BCUT2D eigenvalue weighted by Crippen LogP contribution is -2.48. The van der Waals surface area contributed by atoms with Crippen molar-refractivity contribution in [1.82, 2.24) is 34.2 Å². The zero-order valence-corrected chi connectivity index (χ0v) is 24.2. The van der Waals surface area contributed by atoms with Gasteiger partial charge in [-0.05, 0) is 58.0 Å². The summed E-state index contributed by atoms with van der Waals surface area (Å²) in [7, 11) is -0.933. The Hall–Kier alpha value is -4.66. The van der Waals surface area contributed by atoms with Crippen LogP contribution in [0.1, 0.15) is 23.6 Å². The average Bonchev–Trinajstić information content (AvgIpc) is 3.68. The molecule has 2 heterocycles. The molecule has 1 aliphatic heterocycles. The van der Waals surface area contributed by atoms with Crippen LogP contribution in [0.2, 0.25) is 0 Å². The molecule has 3 aromatic carbocycles. The van der Waals surface area contributed by atoms with Crippen molar-refractivity contribution in [3.05, 3.63) is 102 Å². The van der Waals surface area contributed by atoms with Gasteiger partial charge in [0.15, 0.2) is 5.60 Å². The van der Waals surface area contributed by atoms with Crippen molar-refractivity contribution in [1.29, 1.82) is 0 Å². The summed E-state index contributed by atoms with van der Waals surface area (Å²) < 4.78 is 36.6. The molecule has 4 aromatic rings. The predicted octanol–water partition coefficient (Wildman–Crippen LogP) is 1.92. The molecular formula is C28H31N9O4S. The maximum atomic E-state index is 12.7. The molecule has 1 atom stereocenters. The Morgan fingerprint density at radius 1 is 1.10 bits per heavy atom. The van der Waals surface area contributed by atoms with Crippen LogP contribution < -0.4 is 9.46 Å². The molecule has 0 amide bonds. The third-order valence-electron chi connectivity index (χ3n) is 6.86. The first-order valence-electron chi connectivity index (χ1n) is 13.1. The number of nitrogens with one attached hydrogen (secondary N) is 1. The summed E-state index contributed by atoms with van der Waals surface area (Å²) in [4.78, 5) is 4.12. The minimum atomic E-state index is -3.86. The molecule has 13 nitrogen and oxygen atoms in total. The molecular weight excluding hydrogens is 558 g/mol. The molecule has 1 unspecified atom stereocenters. The Kier molecular flexibility index (Phi) is 8.29. The summed E-state index contributed by atoms with van der Waals surface area (Å²) in [5.41, 5.74) is 1.87. The number of β-amino-alcohol motifs (C(OH)–C–C–N with tert-alkyl or cyclic N) is 1. The van der Waals surface area contributed by atoms with E-state index in [0.717, 1.165) is 15.6 Å². The van der Waals surface area contributed by atoms with Gasteiger partial charge in [-0.1, -0.05) is 49.4 Å². The second-order valence-corrected chi connectivity index (χ2v) is 11.3. The van der Waals surface area contributed by atoms with E-state index in [2.05, 4.69) is 30.3 Å². The molecule has 0 bridgehead atoms. The average molecular weight is 590 g/mol. The molecule has 0 saturated carbocycles. The van der Waals surface area contributed by atoms with Crippen molar-refractivity contribution in [2.24, 2.45) is 10.1 Å². The number of aromatic nitrogens is 4. The molecule has 0 spiro atoms. The third kappa shape index (κ3) is 6.00. The van der Waals surface area contributed by atoms with Crippen molar-refractivity contribution in [3.8, 4) is 11.4 Å². The lowest BCUT2D eigenvalue weighted by Gasteiger charge is -2.27. The van der Waals surface area contributed by atoms with Crippen LogP contribution in [0, 0.1) is 0 Å². The molecule has 1 aromatic heterocycles. The highest BCUT2D eigenvalue weighted by molar-refractivity contribution is 7.87. The second-order valence-electron chi connectivity index (χ2n) is 9.53. The number of ether oxygens (including phenoxy) is 1.